The van der Waals surface area contributed by atoms with Gasteiger partial charge in [-0.15, -0.1) is 0 Å². The fourth-order valence-corrected chi connectivity index (χ4v) is 2.47. The summed E-state index contributed by atoms with van der Waals surface area (Å²) in [5, 5.41) is 7.19. The lowest BCUT2D eigenvalue weighted by Gasteiger charge is -2.03. The van der Waals surface area contributed by atoms with Gasteiger partial charge in [0.1, 0.15) is 10.3 Å². The number of oxime groups is 1. The number of thioether (sulfide) groups is 1. The number of hydrogen-bond donors (Lipinski definition) is 1. The van der Waals surface area contributed by atoms with Crippen LogP contribution in [0.4, 0.5) is 10.5 Å². The topological polar surface area (TPSA) is 76.5 Å². The Hall–Kier alpha value is -1.54. The maximum Gasteiger partial charge on any atom is 0.437 e. The average molecular weight is 392 g/mol. The summed E-state index contributed by atoms with van der Waals surface area (Å²) in [7, 11) is 0. The van der Waals surface area contributed by atoms with Gasteiger partial charge in [-0.25, -0.2) is 14.8 Å². The van der Waals surface area contributed by atoms with Crippen LogP contribution in [0.25, 0.3) is 0 Å². The Morgan fingerprint density at radius 3 is 2.39 bits per heavy atom. The maximum absolute atomic E-state index is 11.6. The molecule has 0 unspecified atom stereocenters. The third kappa shape index (κ3) is 5.24. The Kier molecular flexibility index (Phi) is 6.47. The van der Waals surface area contributed by atoms with Crippen LogP contribution in [0, 0.1) is 0 Å². The summed E-state index contributed by atoms with van der Waals surface area (Å²) in [6.45, 7) is 0. The van der Waals surface area contributed by atoms with Crippen molar-refractivity contribution in [1.29, 1.82) is 0 Å². The van der Waals surface area contributed by atoms with E-state index in [-0.39, 0.29) is 15.9 Å². The number of halogens is 3. The van der Waals surface area contributed by atoms with E-state index < -0.39 is 6.09 Å². The van der Waals surface area contributed by atoms with Gasteiger partial charge in [-0.1, -0.05) is 51.7 Å². The zero-order valence-electron chi connectivity index (χ0n) is 11.6. The molecule has 2 aromatic rings. The average Bonchev–Trinajstić information content (AvgIpc) is 2.52. The zero-order valence-corrected chi connectivity index (χ0v) is 14.7. The molecule has 1 amide bonds. The Morgan fingerprint density at radius 1 is 1.22 bits per heavy atom. The van der Waals surface area contributed by atoms with Crippen LogP contribution in [0.1, 0.15) is 5.56 Å². The van der Waals surface area contributed by atoms with E-state index in [1.807, 2.05) is 0 Å². The molecule has 0 spiro atoms. The zero-order chi connectivity index (χ0) is 16.8. The summed E-state index contributed by atoms with van der Waals surface area (Å²) in [5.41, 5.74) is 0.767. The molecule has 0 atom stereocenters. The molecule has 23 heavy (non-hydrogen) atoms. The van der Waals surface area contributed by atoms with Crippen LogP contribution in [-0.4, -0.2) is 28.5 Å². The SMILES string of the molecule is CSc1nc(Cl)c(/C=N/OC(=O)Nc2ccc(Cl)cc2)c(Cl)n1. The van der Waals surface area contributed by atoms with E-state index in [2.05, 4.69) is 25.3 Å². The van der Waals surface area contributed by atoms with Gasteiger partial charge in [0.25, 0.3) is 0 Å². The van der Waals surface area contributed by atoms with Crippen molar-refractivity contribution in [1.82, 2.24) is 9.97 Å². The molecule has 0 aliphatic carbocycles. The first-order valence-electron chi connectivity index (χ1n) is 6.03. The molecule has 1 heterocycles. The van der Waals surface area contributed by atoms with Crippen molar-refractivity contribution in [3.8, 4) is 0 Å². The number of rotatable bonds is 4. The maximum atomic E-state index is 11.6. The van der Waals surface area contributed by atoms with E-state index >= 15 is 0 Å². The van der Waals surface area contributed by atoms with Crippen LogP contribution in [0.15, 0.2) is 34.6 Å². The first kappa shape index (κ1) is 17.8. The van der Waals surface area contributed by atoms with Crippen molar-refractivity contribution in [3.05, 3.63) is 45.2 Å². The molecule has 2 rings (SSSR count). The quantitative estimate of drug-likeness (QED) is 0.203. The summed E-state index contributed by atoms with van der Waals surface area (Å²) in [6.07, 6.45) is 2.17. The van der Waals surface area contributed by atoms with Crippen molar-refractivity contribution in [2.24, 2.45) is 5.16 Å². The van der Waals surface area contributed by atoms with Crippen molar-refractivity contribution >= 4 is 64.6 Å². The van der Waals surface area contributed by atoms with E-state index in [0.717, 1.165) is 6.21 Å². The number of nitrogens with one attached hydrogen (secondary N) is 1. The number of hydrogen-bond acceptors (Lipinski definition) is 6. The van der Waals surface area contributed by atoms with Gasteiger partial charge in [0.2, 0.25) is 0 Å². The van der Waals surface area contributed by atoms with Crippen LogP contribution >= 0.6 is 46.6 Å². The van der Waals surface area contributed by atoms with E-state index in [1.54, 1.807) is 30.5 Å². The lowest BCUT2D eigenvalue weighted by molar-refractivity contribution is 0.167. The Morgan fingerprint density at radius 2 is 1.83 bits per heavy atom. The monoisotopic (exact) mass is 390 g/mol. The van der Waals surface area contributed by atoms with Gasteiger partial charge in [-0.05, 0) is 30.5 Å². The van der Waals surface area contributed by atoms with Gasteiger partial charge >= 0.3 is 6.09 Å². The highest BCUT2D eigenvalue weighted by molar-refractivity contribution is 7.98. The van der Waals surface area contributed by atoms with Crippen LogP contribution in [0.2, 0.25) is 15.3 Å². The van der Waals surface area contributed by atoms with E-state index in [9.17, 15) is 4.79 Å². The number of aromatic nitrogens is 2. The van der Waals surface area contributed by atoms with Crippen LogP contribution in [0.3, 0.4) is 0 Å². The second-order valence-corrected chi connectivity index (χ2v) is 5.88. The highest BCUT2D eigenvalue weighted by Gasteiger charge is 2.10. The molecule has 0 radical (unpaired) electrons. The number of carbonyl (C=O) groups is 1. The number of benzene rings is 1. The van der Waals surface area contributed by atoms with E-state index in [1.165, 1.54) is 11.8 Å². The molecule has 6 nitrogen and oxygen atoms in total. The summed E-state index contributed by atoms with van der Waals surface area (Å²) < 4.78 is 0. The number of nitrogens with zero attached hydrogens (tertiary/aromatic N) is 3. The van der Waals surface area contributed by atoms with Gasteiger partial charge in [0.05, 0.1) is 11.8 Å². The predicted molar refractivity (Wildman–Crippen MR) is 93.0 cm³/mol. The van der Waals surface area contributed by atoms with Crippen LogP contribution in [0.5, 0.6) is 0 Å². The summed E-state index contributed by atoms with van der Waals surface area (Å²) in [4.78, 5) is 24.2. The van der Waals surface area contributed by atoms with Gasteiger partial charge < -0.3 is 0 Å². The van der Waals surface area contributed by atoms with Crippen LogP contribution < -0.4 is 5.32 Å². The number of carbonyl (C=O) groups excluding carboxylic acids is 1. The smallest absolute Gasteiger partial charge is 0.298 e. The van der Waals surface area contributed by atoms with Gasteiger partial charge in [-0.2, -0.15) is 0 Å². The molecule has 0 saturated carbocycles. The van der Waals surface area contributed by atoms with Crippen molar-refractivity contribution in [3.63, 3.8) is 0 Å². The lowest BCUT2D eigenvalue weighted by atomic mass is 10.3. The number of anilines is 1. The predicted octanol–water partition coefficient (Wildman–Crippen LogP) is 4.74. The van der Waals surface area contributed by atoms with Gasteiger partial charge in [0, 0.05) is 10.7 Å². The molecule has 1 aromatic heterocycles. The van der Waals surface area contributed by atoms with Crippen molar-refractivity contribution < 1.29 is 9.63 Å². The standard InChI is InChI=1S/C13H9Cl3N4O2S/c1-23-12-19-10(15)9(11(16)20-12)6-17-22-13(21)18-8-4-2-7(14)3-5-8/h2-6H,1H3,(H,18,21)/b17-6+. The second-order valence-electron chi connectivity index (χ2n) is 3.95. The molecule has 0 saturated heterocycles. The van der Waals surface area contributed by atoms with Gasteiger partial charge in [0.15, 0.2) is 5.16 Å². The Balaban J connectivity index is 1.98. The van der Waals surface area contributed by atoms with Crippen LogP contribution in [-0.2, 0) is 4.84 Å². The van der Waals surface area contributed by atoms with E-state index in [4.69, 9.17) is 34.8 Å². The third-order valence-corrected chi connectivity index (χ3v) is 3.80. The first-order valence-corrected chi connectivity index (χ1v) is 8.39. The lowest BCUT2D eigenvalue weighted by Crippen LogP contribution is -2.10. The fraction of sp³-hybridized carbons (Fsp3) is 0.0769. The molecular formula is C13H9Cl3N4O2S. The minimum Gasteiger partial charge on any atom is -0.298 e. The van der Waals surface area contributed by atoms with Gasteiger partial charge in [-0.3, -0.25) is 10.2 Å². The minimum absolute atomic E-state index is 0.111. The molecule has 10 heteroatoms. The normalized spacial score (nSPS) is 10.8. The molecule has 0 bridgehead atoms. The molecular weight excluding hydrogens is 383 g/mol. The minimum atomic E-state index is -0.780. The Labute approximate surface area is 151 Å². The third-order valence-electron chi connectivity index (χ3n) is 2.42. The first-order chi connectivity index (χ1) is 11.0. The molecule has 1 aromatic carbocycles. The highest BCUT2D eigenvalue weighted by Crippen LogP contribution is 2.22. The summed E-state index contributed by atoms with van der Waals surface area (Å²) >= 11 is 19.0. The summed E-state index contributed by atoms with van der Waals surface area (Å²) in [5.74, 6) is 0. The molecule has 0 aliphatic heterocycles. The fourth-order valence-electron chi connectivity index (χ4n) is 1.40. The highest BCUT2D eigenvalue weighted by atomic mass is 35.5. The van der Waals surface area contributed by atoms with E-state index in [0.29, 0.717) is 15.9 Å². The molecule has 0 fully saturated rings. The summed E-state index contributed by atoms with van der Waals surface area (Å²) in [6, 6.07) is 6.50. The van der Waals surface area contributed by atoms with Crippen molar-refractivity contribution in [2.75, 3.05) is 11.6 Å². The largest absolute Gasteiger partial charge is 0.437 e. The molecule has 120 valence electrons. The molecule has 0 aliphatic rings. The second kappa shape index (κ2) is 8.35. The van der Waals surface area contributed by atoms with Crippen molar-refractivity contribution in [2.45, 2.75) is 5.16 Å². The number of amides is 1. The molecule has 1 N–H and O–H groups in total. The Bertz CT molecular complexity index is 717.